The summed E-state index contributed by atoms with van der Waals surface area (Å²) in [6, 6.07) is 9.44. The molecule has 2 rings (SSSR count). The smallest absolute Gasteiger partial charge is 0.120 e. The van der Waals surface area contributed by atoms with Crippen LogP contribution in [-0.4, -0.2) is 56.2 Å². The Bertz CT molecular complexity index is 449. The van der Waals surface area contributed by atoms with Gasteiger partial charge in [0.2, 0.25) is 0 Å². The lowest BCUT2D eigenvalue weighted by molar-refractivity contribution is 0.213. The monoisotopic (exact) mass is 273 g/mol. The molecule has 4 nitrogen and oxygen atoms in total. The maximum absolute atomic E-state index is 8.83. The lowest BCUT2D eigenvalue weighted by Crippen LogP contribution is -2.33. The van der Waals surface area contributed by atoms with E-state index in [1.165, 1.54) is 25.9 Å². The van der Waals surface area contributed by atoms with Gasteiger partial charge in [-0.25, -0.2) is 0 Å². The number of nitrogens with zero attached hydrogens (tertiary/aromatic N) is 3. The SMILES string of the molecule is CN(CCOc1cccc(C#N)c1)CCN1CCCC1. The van der Waals surface area contributed by atoms with Gasteiger partial charge in [-0.05, 0) is 51.2 Å². The molecular formula is C16H23N3O. The van der Waals surface area contributed by atoms with Crippen molar-refractivity contribution < 1.29 is 4.74 Å². The van der Waals surface area contributed by atoms with Crippen LogP contribution in [0.2, 0.25) is 0 Å². The first-order chi connectivity index (χ1) is 9.78. The maximum atomic E-state index is 8.83. The van der Waals surface area contributed by atoms with Gasteiger partial charge >= 0.3 is 0 Å². The summed E-state index contributed by atoms with van der Waals surface area (Å²) in [5, 5.41) is 8.83. The quantitative estimate of drug-likeness (QED) is 0.761. The first kappa shape index (κ1) is 14.8. The second-order valence-corrected chi connectivity index (χ2v) is 5.34. The predicted octanol–water partition coefficient (Wildman–Crippen LogP) is 1.96. The number of ether oxygens (including phenoxy) is 1. The Hall–Kier alpha value is -1.57. The van der Waals surface area contributed by atoms with Crippen molar-refractivity contribution in [3.63, 3.8) is 0 Å². The van der Waals surface area contributed by atoms with Gasteiger partial charge in [-0.1, -0.05) is 6.07 Å². The highest BCUT2D eigenvalue weighted by molar-refractivity contribution is 5.36. The molecule has 1 aliphatic heterocycles. The van der Waals surface area contributed by atoms with Crippen LogP contribution in [0, 0.1) is 11.3 Å². The Morgan fingerprint density at radius 2 is 2.10 bits per heavy atom. The van der Waals surface area contributed by atoms with Gasteiger partial charge in [-0.15, -0.1) is 0 Å². The van der Waals surface area contributed by atoms with E-state index in [0.717, 1.165) is 25.4 Å². The highest BCUT2D eigenvalue weighted by Crippen LogP contribution is 2.12. The Balaban J connectivity index is 1.63. The van der Waals surface area contributed by atoms with E-state index < -0.39 is 0 Å². The van der Waals surface area contributed by atoms with E-state index in [0.29, 0.717) is 12.2 Å². The molecule has 108 valence electrons. The highest BCUT2D eigenvalue weighted by atomic mass is 16.5. The van der Waals surface area contributed by atoms with E-state index in [4.69, 9.17) is 10.00 Å². The molecule has 0 aromatic heterocycles. The fraction of sp³-hybridized carbons (Fsp3) is 0.562. The van der Waals surface area contributed by atoms with E-state index in [1.54, 1.807) is 12.1 Å². The van der Waals surface area contributed by atoms with Crippen molar-refractivity contribution >= 4 is 0 Å². The van der Waals surface area contributed by atoms with E-state index >= 15 is 0 Å². The summed E-state index contributed by atoms with van der Waals surface area (Å²) in [7, 11) is 2.13. The molecule has 0 bridgehead atoms. The minimum atomic E-state index is 0.643. The van der Waals surface area contributed by atoms with Crippen LogP contribution in [0.25, 0.3) is 0 Å². The average Bonchev–Trinajstić information content (AvgIpc) is 2.99. The van der Waals surface area contributed by atoms with Crippen LogP contribution < -0.4 is 4.74 Å². The topological polar surface area (TPSA) is 39.5 Å². The fourth-order valence-corrected chi connectivity index (χ4v) is 2.40. The zero-order chi connectivity index (χ0) is 14.2. The predicted molar refractivity (Wildman–Crippen MR) is 79.8 cm³/mol. The number of benzene rings is 1. The zero-order valence-corrected chi connectivity index (χ0v) is 12.2. The second-order valence-electron chi connectivity index (χ2n) is 5.34. The molecule has 0 N–H and O–H groups in total. The van der Waals surface area contributed by atoms with Crippen LogP contribution in [0.5, 0.6) is 5.75 Å². The van der Waals surface area contributed by atoms with Crippen molar-refractivity contribution in [2.75, 3.05) is 46.4 Å². The Kier molecular flexibility index (Phi) is 5.85. The minimum absolute atomic E-state index is 0.643. The van der Waals surface area contributed by atoms with Crippen molar-refractivity contribution in [1.29, 1.82) is 5.26 Å². The summed E-state index contributed by atoms with van der Waals surface area (Å²) >= 11 is 0. The minimum Gasteiger partial charge on any atom is -0.492 e. The molecule has 0 unspecified atom stereocenters. The average molecular weight is 273 g/mol. The third-order valence-corrected chi connectivity index (χ3v) is 3.70. The van der Waals surface area contributed by atoms with E-state index in [2.05, 4.69) is 22.9 Å². The molecule has 1 aliphatic rings. The maximum Gasteiger partial charge on any atom is 0.120 e. The number of likely N-dealkylation sites (N-methyl/N-ethyl adjacent to an activating group) is 1. The Morgan fingerprint density at radius 3 is 2.85 bits per heavy atom. The Labute approximate surface area is 121 Å². The third kappa shape index (κ3) is 4.84. The summed E-state index contributed by atoms with van der Waals surface area (Å²) in [5.41, 5.74) is 0.643. The molecule has 4 heteroatoms. The van der Waals surface area contributed by atoms with Crippen LogP contribution >= 0.6 is 0 Å². The molecule has 0 saturated carbocycles. The molecule has 1 aromatic carbocycles. The van der Waals surface area contributed by atoms with E-state index in [9.17, 15) is 0 Å². The molecule has 0 aliphatic carbocycles. The van der Waals surface area contributed by atoms with Crippen molar-refractivity contribution in [1.82, 2.24) is 9.80 Å². The highest BCUT2D eigenvalue weighted by Gasteiger charge is 2.11. The molecular weight excluding hydrogens is 250 g/mol. The molecule has 0 amide bonds. The van der Waals surface area contributed by atoms with Crippen LogP contribution in [0.4, 0.5) is 0 Å². The van der Waals surface area contributed by atoms with Gasteiger partial charge in [-0.3, -0.25) is 0 Å². The van der Waals surface area contributed by atoms with Gasteiger partial charge in [0, 0.05) is 19.6 Å². The molecule has 0 radical (unpaired) electrons. The van der Waals surface area contributed by atoms with Crippen molar-refractivity contribution in [2.45, 2.75) is 12.8 Å². The normalized spacial score (nSPS) is 15.4. The van der Waals surface area contributed by atoms with Gasteiger partial charge in [0.1, 0.15) is 12.4 Å². The summed E-state index contributed by atoms with van der Waals surface area (Å²) in [5.74, 6) is 0.775. The second kappa shape index (κ2) is 7.88. The van der Waals surface area contributed by atoms with Gasteiger partial charge in [-0.2, -0.15) is 5.26 Å². The van der Waals surface area contributed by atoms with Gasteiger partial charge in [0.15, 0.2) is 0 Å². The molecule has 20 heavy (non-hydrogen) atoms. The molecule has 0 spiro atoms. The van der Waals surface area contributed by atoms with Crippen LogP contribution in [0.3, 0.4) is 0 Å². The van der Waals surface area contributed by atoms with Crippen LogP contribution in [0.15, 0.2) is 24.3 Å². The largest absolute Gasteiger partial charge is 0.492 e. The Morgan fingerprint density at radius 1 is 1.30 bits per heavy atom. The molecule has 1 heterocycles. The van der Waals surface area contributed by atoms with E-state index in [-0.39, 0.29) is 0 Å². The molecule has 1 aromatic rings. The third-order valence-electron chi connectivity index (χ3n) is 3.70. The molecule has 0 atom stereocenters. The molecule has 1 fully saturated rings. The van der Waals surface area contributed by atoms with Crippen LogP contribution in [-0.2, 0) is 0 Å². The fourth-order valence-electron chi connectivity index (χ4n) is 2.40. The lowest BCUT2D eigenvalue weighted by Gasteiger charge is -2.21. The van der Waals surface area contributed by atoms with Crippen molar-refractivity contribution in [3.8, 4) is 11.8 Å². The van der Waals surface area contributed by atoms with E-state index in [1.807, 2.05) is 12.1 Å². The van der Waals surface area contributed by atoms with Crippen molar-refractivity contribution in [2.24, 2.45) is 0 Å². The first-order valence-corrected chi connectivity index (χ1v) is 7.32. The summed E-state index contributed by atoms with van der Waals surface area (Å²) in [4.78, 5) is 4.82. The molecule has 1 saturated heterocycles. The zero-order valence-electron chi connectivity index (χ0n) is 12.2. The number of rotatable bonds is 7. The number of likely N-dealkylation sites (tertiary alicyclic amines) is 1. The summed E-state index contributed by atoms with van der Waals surface area (Å²) in [6.07, 6.45) is 2.70. The van der Waals surface area contributed by atoms with Crippen LogP contribution in [0.1, 0.15) is 18.4 Å². The summed E-state index contributed by atoms with van der Waals surface area (Å²) < 4.78 is 5.68. The number of nitriles is 1. The lowest BCUT2D eigenvalue weighted by atomic mass is 10.2. The number of hydrogen-bond acceptors (Lipinski definition) is 4. The van der Waals surface area contributed by atoms with Gasteiger partial charge in [0.05, 0.1) is 11.6 Å². The van der Waals surface area contributed by atoms with Gasteiger partial charge < -0.3 is 14.5 Å². The number of hydrogen-bond donors (Lipinski definition) is 0. The summed E-state index contributed by atoms with van der Waals surface area (Å²) in [6.45, 7) is 6.31. The standard InChI is InChI=1S/C16H23N3O/c1-18(9-10-19-7-2-3-8-19)11-12-20-16-6-4-5-15(13-16)14-17/h4-6,13H,2-3,7-12H2,1H3. The van der Waals surface area contributed by atoms with Crippen molar-refractivity contribution in [3.05, 3.63) is 29.8 Å². The first-order valence-electron chi connectivity index (χ1n) is 7.32. The van der Waals surface area contributed by atoms with Gasteiger partial charge in [0.25, 0.3) is 0 Å².